The maximum Gasteiger partial charge on any atom is 0.254 e. The summed E-state index contributed by atoms with van der Waals surface area (Å²) in [4.78, 5) is 25.4. The average Bonchev–Trinajstić information content (AvgIpc) is 2.38. The summed E-state index contributed by atoms with van der Waals surface area (Å²) in [5.74, 6) is -0.512. The number of carbonyl (C=O) groups excluding carboxylic acids is 2. The molecule has 4 nitrogen and oxygen atoms in total. The first-order chi connectivity index (χ1) is 8.59. The first-order valence-electron chi connectivity index (χ1n) is 6.30. The Labute approximate surface area is 107 Å². The van der Waals surface area contributed by atoms with Crippen molar-refractivity contribution in [3.8, 4) is 0 Å². The molecule has 2 N–H and O–H groups in total. The number of piperidine rings is 1. The Kier molecular flexibility index (Phi) is 3.65. The summed E-state index contributed by atoms with van der Waals surface area (Å²) in [7, 11) is 0. The van der Waals surface area contributed by atoms with Gasteiger partial charge in [0, 0.05) is 23.7 Å². The number of amides is 2. The monoisotopic (exact) mass is 246 g/mol. The fourth-order valence-electron chi connectivity index (χ4n) is 2.37. The van der Waals surface area contributed by atoms with Gasteiger partial charge in [-0.3, -0.25) is 9.59 Å². The van der Waals surface area contributed by atoms with Gasteiger partial charge in [-0.2, -0.15) is 0 Å². The minimum atomic E-state index is -0.503. The van der Waals surface area contributed by atoms with Gasteiger partial charge in [0.15, 0.2) is 0 Å². The minimum absolute atomic E-state index is 0.00898. The molecular weight excluding hydrogens is 228 g/mol. The van der Waals surface area contributed by atoms with Crippen molar-refractivity contribution in [3.05, 3.63) is 35.4 Å². The molecule has 0 bridgehead atoms. The zero-order valence-electron chi connectivity index (χ0n) is 10.6. The number of carbonyl (C=O) groups is 2. The molecular formula is C14H18N2O2. The summed E-state index contributed by atoms with van der Waals surface area (Å²) in [5.41, 5.74) is 6.15. The van der Waals surface area contributed by atoms with E-state index in [4.69, 9.17) is 5.73 Å². The molecule has 0 aromatic heterocycles. The Morgan fingerprint density at radius 1 is 1.28 bits per heavy atom. The van der Waals surface area contributed by atoms with E-state index in [0.29, 0.717) is 11.1 Å². The van der Waals surface area contributed by atoms with Gasteiger partial charge in [0.1, 0.15) is 0 Å². The van der Waals surface area contributed by atoms with E-state index in [1.54, 1.807) is 24.3 Å². The molecule has 18 heavy (non-hydrogen) atoms. The van der Waals surface area contributed by atoms with Crippen molar-refractivity contribution >= 4 is 11.8 Å². The van der Waals surface area contributed by atoms with Crippen molar-refractivity contribution in [1.82, 2.24) is 4.90 Å². The summed E-state index contributed by atoms with van der Waals surface area (Å²) in [6.45, 7) is 2.86. The second-order valence-corrected chi connectivity index (χ2v) is 4.79. The van der Waals surface area contributed by atoms with E-state index in [9.17, 15) is 9.59 Å². The topological polar surface area (TPSA) is 63.4 Å². The first kappa shape index (κ1) is 12.6. The fourth-order valence-corrected chi connectivity index (χ4v) is 2.37. The summed E-state index contributed by atoms with van der Waals surface area (Å²) < 4.78 is 0. The molecule has 0 saturated carbocycles. The van der Waals surface area contributed by atoms with Gasteiger partial charge in [-0.25, -0.2) is 0 Å². The molecule has 0 radical (unpaired) electrons. The molecule has 96 valence electrons. The van der Waals surface area contributed by atoms with Crippen LogP contribution in [0.3, 0.4) is 0 Å². The van der Waals surface area contributed by atoms with Crippen LogP contribution in [0.4, 0.5) is 0 Å². The number of nitrogens with zero attached hydrogens (tertiary/aromatic N) is 1. The molecule has 1 aliphatic rings. The van der Waals surface area contributed by atoms with Crippen molar-refractivity contribution in [2.75, 3.05) is 6.54 Å². The summed E-state index contributed by atoms with van der Waals surface area (Å²) in [6.07, 6.45) is 3.26. The van der Waals surface area contributed by atoms with Crippen LogP contribution in [0.15, 0.2) is 24.3 Å². The van der Waals surface area contributed by atoms with Gasteiger partial charge in [-0.05, 0) is 44.4 Å². The van der Waals surface area contributed by atoms with E-state index in [0.717, 1.165) is 19.4 Å². The molecule has 2 rings (SSSR count). The van der Waals surface area contributed by atoms with E-state index in [1.165, 1.54) is 6.42 Å². The predicted molar refractivity (Wildman–Crippen MR) is 69.3 cm³/mol. The standard InChI is InChI=1S/C14H18N2O2/c1-10-5-2-3-8-16(10)14(18)12-7-4-6-11(9-12)13(15)17/h4,6-7,9-10H,2-3,5,8H2,1H3,(H2,15,17). The molecule has 1 fully saturated rings. The largest absolute Gasteiger partial charge is 0.366 e. The lowest BCUT2D eigenvalue weighted by Gasteiger charge is -2.33. The van der Waals surface area contributed by atoms with Gasteiger partial charge in [0.2, 0.25) is 5.91 Å². The normalized spacial score (nSPS) is 19.6. The SMILES string of the molecule is CC1CCCCN1C(=O)c1cccc(C(N)=O)c1. The smallest absolute Gasteiger partial charge is 0.254 e. The third-order valence-corrected chi connectivity index (χ3v) is 3.46. The van der Waals surface area contributed by atoms with E-state index in [-0.39, 0.29) is 11.9 Å². The van der Waals surface area contributed by atoms with Crippen LogP contribution in [-0.4, -0.2) is 29.3 Å². The molecule has 1 saturated heterocycles. The molecule has 1 heterocycles. The van der Waals surface area contributed by atoms with Crippen LogP contribution in [0.5, 0.6) is 0 Å². The van der Waals surface area contributed by atoms with Gasteiger partial charge in [-0.15, -0.1) is 0 Å². The van der Waals surface area contributed by atoms with Crippen molar-refractivity contribution in [2.45, 2.75) is 32.2 Å². The maximum absolute atomic E-state index is 12.4. The Balaban J connectivity index is 2.22. The lowest BCUT2D eigenvalue weighted by Crippen LogP contribution is -2.42. The van der Waals surface area contributed by atoms with Crippen LogP contribution in [0.25, 0.3) is 0 Å². The van der Waals surface area contributed by atoms with E-state index in [2.05, 4.69) is 6.92 Å². The molecule has 1 atom stereocenters. The minimum Gasteiger partial charge on any atom is -0.366 e. The molecule has 0 aliphatic carbocycles. The number of hydrogen-bond donors (Lipinski definition) is 1. The Bertz CT molecular complexity index is 471. The average molecular weight is 246 g/mol. The number of primary amides is 1. The van der Waals surface area contributed by atoms with Crippen LogP contribution in [0, 0.1) is 0 Å². The van der Waals surface area contributed by atoms with E-state index in [1.807, 2.05) is 4.90 Å². The van der Waals surface area contributed by atoms with Crippen molar-refractivity contribution < 1.29 is 9.59 Å². The van der Waals surface area contributed by atoms with Crippen molar-refractivity contribution in [1.29, 1.82) is 0 Å². The van der Waals surface area contributed by atoms with Gasteiger partial charge < -0.3 is 10.6 Å². The van der Waals surface area contributed by atoms with Crippen molar-refractivity contribution in [3.63, 3.8) is 0 Å². The van der Waals surface area contributed by atoms with E-state index < -0.39 is 5.91 Å². The predicted octanol–water partition coefficient (Wildman–Crippen LogP) is 1.80. The van der Waals surface area contributed by atoms with Crippen LogP contribution in [-0.2, 0) is 0 Å². The lowest BCUT2D eigenvalue weighted by molar-refractivity contribution is 0.0635. The number of likely N-dealkylation sites (tertiary alicyclic amines) is 1. The van der Waals surface area contributed by atoms with E-state index >= 15 is 0 Å². The van der Waals surface area contributed by atoms with Crippen LogP contribution < -0.4 is 5.73 Å². The highest BCUT2D eigenvalue weighted by Crippen LogP contribution is 2.19. The zero-order valence-corrected chi connectivity index (χ0v) is 10.6. The van der Waals surface area contributed by atoms with Crippen LogP contribution in [0.1, 0.15) is 46.9 Å². The number of benzene rings is 1. The number of rotatable bonds is 2. The second-order valence-electron chi connectivity index (χ2n) is 4.79. The summed E-state index contributed by atoms with van der Waals surface area (Å²) in [6, 6.07) is 6.89. The Morgan fingerprint density at radius 3 is 2.67 bits per heavy atom. The highest BCUT2D eigenvalue weighted by Gasteiger charge is 2.24. The zero-order chi connectivity index (χ0) is 13.1. The number of hydrogen-bond acceptors (Lipinski definition) is 2. The third-order valence-electron chi connectivity index (χ3n) is 3.46. The Hall–Kier alpha value is -1.84. The quantitative estimate of drug-likeness (QED) is 0.864. The Morgan fingerprint density at radius 2 is 2.00 bits per heavy atom. The van der Waals surface area contributed by atoms with Gasteiger partial charge in [-0.1, -0.05) is 6.07 Å². The van der Waals surface area contributed by atoms with Crippen LogP contribution >= 0.6 is 0 Å². The van der Waals surface area contributed by atoms with Crippen molar-refractivity contribution in [2.24, 2.45) is 5.73 Å². The summed E-state index contributed by atoms with van der Waals surface area (Å²) in [5, 5.41) is 0. The maximum atomic E-state index is 12.4. The number of nitrogens with two attached hydrogens (primary N) is 1. The fraction of sp³-hybridized carbons (Fsp3) is 0.429. The molecule has 1 aliphatic heterocycles. The summed E-state index contributed by atoms with van der Waals surface area (Å²) >= 11 is 0. The first-order valence-corrected chi connectivity index (χ1v) is 6.30. The molecule has 2 amide bonds. The second kappa shape index (κ2) is 5.21. The molecule has 4 heteroatoms. The molecule has 0 spiro atoms. The van der Waals surface area contributed by atoms with Gasteiger partial charge >= 0.3 is 0 Å². The molecule has 1 unspecified atom stereocenters. The highest BCUT2D eigenvalue weighted by molar-refractivity contribution is 5.99. The highest BCUT2D eigenvalue weighted by atomic mass is 16.2. The van der Waals surface area contributed by atoms with Crippen LogP contribution in [0.2, 0.25) is 0 Å². The molecule has 1 aromatic carbocycles. The van der Waals surface area contributed by atoms with Gasteiger partial charge in [0.25, 0.3) is 5.91 Å². The third kappa shape index (κ3) is 2.53. The van der Waals surface area contributed by atoms with Gasteiger partial charge in [0.05, 0.1) is 0 Å². The lowest BCUT2D eigenvalue weighted by atomic mass is 10.0. The molecule has 1 aromatic rings.